The fourth-order valence-corrected chi connectivity index (χ4v) is 4.73. The van der Waals surface area contributed by atoms with Gasteiger partial charge in [-0.15, -0.1) is 11.3 Å². The van der Waals surface area contributed by atoms with Crippen molar-refractivity contribution in [2.45, 2.75) is 38.2 Å². The molecule has 0 aromatic carbocycles. The number of rotatable bonds is 4. The van der Waals surface area contributed by atoms with Crippen molar-refractivity contribution in [2.24, 2.45) is 0 Å². The van der Waals surface area contributed by atoms with Crippen molar-refractivity contribution in [3.05, 3.63) is 40.5 Å². The van der Waals surface area contributed by atoms with E-state index in [9.17, 15) is 4.79 Å². The third-order valence-electron chi connectivity index (χ3n) is 4.48. The first-order chi connectivity index (χ1) is 10.8. The molecule has 3 heterocycles. The number of fused-ring (bicyclic) bond motifs is 1. The van der Waals surface area contributed by atoms with E-state index in [-0.39, 0.29) is 12.0 Å². The van der Waals surface area contributed by atoms with E-state index in [1.807, 2.05) is 24.5 Å². The maximum atomic E-state index is 12.8. The van der Waals surface area contributed by atoms with Gasteiger partial charge in [-0.05, 0) is 49.8 Å². The molecule has 0 unspecified atom stereocenters. The number of aromatic nitrogens is 1. The van der Waals surface area contributed by atoms with E-state index in [4.69, 9.17) is 4.74 Å². The molecule has 0 bridgehead atoms. The van der Waals surface area contributed by atoms with Gasteiger partial charge in [0.05, 0.1) is 11.7 Å². The van der Waals surface area contributed by atoms with Gasteiger partial charge in [0.15, 0.2) is 0 Å². The average molecular weight is 316 g/mol. The Morgan fingerprint density at radius 1 is 1.32 bits per heavy atom. The molecule has 0 spiro atoms. The molecule has 0 saturated carbocycles. The molecular weight excluding hydrogens is 296 g/mol. The van der Waals surface area contributed by atoms with E-state index >= 15 is 0 Å². The van der Waals surface area contributed by atoms with E-state index in [2.05, 4.69) is 9.88 Å². The van der Waals surface area contributed by atoms with Gasteiger partial charge in [-0.3, -0.25) is 4.79 Å². The standard InChI is InChI=1S/C17H20N2O2S/c20-16(18-11-12-5-4-10-21-12)15-13-6-3-7-14(13)22-17(15)19-8-1-2-9-19/h1-2,8-9,12H,3-7,10-11H2,(H,18,20)/t12-/m0/s1. The van der Waals surface area contributed by atoms with E-state index in [0.717, 1.165) is 42.9 Å². The molecule has 4 rings (SSSR count). The summed E-state index contributed by atoms with van der Waals surface area (Å²) in [5.74, 6) is 0.0543. The van der Waals surface area contributed by atoms with E-state index in [1.54, 1.807) is 11.3 Å². The van der Waals surface area contributed by atoms with Gasteiger partial charge >= 0.3 is 0 Å². The largest absolute Gasteiger partial charge is 0.376 e. The Morgan fingerprint density at radius 3 is 2.95 bits per heavy atom. The Kier molecular flexibility index (Phi) is 3.76. The molecule has 2 aromatic rings. The minimum atomic E-state index is 0.0543. The Morgan fingerprint density at radius 2 is 2.18 bits per heavy atom. The monoisotopic (exact) mass is 316 g/mol. The quantitative estimate of drug-likeness (QED) is 0.942. The van der Waals surface area contributed by atoms with Crippen LogP contribution >= 0.6 is 11.3 Å². The van der Waals surface area contributed by atoms with Gasteiger partial charge in [-0.1, -0.05) is 0 Å². The minimum Gasteiger partial charge on any atom is -0.376 e. The number of carbonyl (C=O) groups is 1. The van der Waals surface area contributed by atoms with Crippen LogP contribution in [0.25, 0.3) is 5.00 Å². The maximum absolute atomic E-state index is 12.8. The molecule has 5 heteroatoms. The van der Waals surface area contributed by atoms with E-state index < -0.39 is 0 Å². The third-order valence-corrected chi connectivity index (χ3v) is 5.79. The van der Waals surface area contributed by atoms with Crippen LogP contribution < -0.4 is 5.32 Å². The molecule has 2 aromatic heterocycles. The summed E-state index contributed by atoms with van der Waals surface area (Å²) >= 11 is 1.76. The molecule has 1 atom stereocenters. The smallest absolute Gasteiger partial charge is 0.254 e. The second-order valence-corrected chi connectivity index (χ2v) is 7.06. The highest BCUT2D eigenvalue weighted by Crippen LogP contribution is 2.37. The molecule has 1 aliphatic heterocycles. The van der Waals surface area contributed by atoms with Gasteiger partial charge in [0, 0.05) is 30.4 Å². The number of thiophene rings is 1. The van der Waals surface area contributed by atoms with Gasteiger partial charge in [0.25, 0.3) is 5.91 Å². The van der Waals surface area contributed by atoms with Crippen LogP contribution in [0, 0.1) is 0 Å². The van der Waals surface area contributed by atoms with Gasteiger partial charge in [0.2, 0.25) is 0 Å². The number of aryl methyl sites for hydroxylation is 1. The molecule has 2 aliphatic rings. The SMILES string of the molecule is O=C(NC[C@@H]1CCCO1)c1c(-n2cccc2)sc2c1CCC2. The molecule has 22 heavy (non-hydrogen) atoms. The topological polar surface area (TPSA) is 43.3 Å². The first-order valence-electron chi connectivity index (χ1n) is 8.00. The van der Waals surface area contributed by atoms with Crippen molar-refractivity contribution in [1.82, 2.24) is 9.88 Å². The predicted molar refractivity (Wildman–Crippen MR) is 87.0 cm³/mol. The van der Waals surface area contributed by atoms with Crippen LogP contribution in [-0.2, 0) is 17.6 Å². The molecule has 4 nitrogen and oxygen atoms in total. The number of nitrogens with one attached hydrogen (secondary N) is 1. The number of nitrogens with zero attached hydrogens (tertiary/aromatic N) is 1. The fraction of sp³-hybridized carbons (Fsp3) is 0.471. The lowest BCUT2D eigenvalue weighted by atomic mass is 10.1. The van der Waals surface area contributed by atoms with Crippen LogP contribution in [-0.4, -0.2) is 29.7 Å². The van der Waals surface area contributed by atoms with Crippen LogP contribution in [0.1, 0.15) is 40.1 Å². The Labute approximate surface area is 134 Å². The normalized spacial score (nSPS) is 20.3. The number of hydrogen-bond acceptors (Lipinski definition) is 3. The molecule has 1 amide bonds. The first kappa shape index (κ1) is 14.0. The summed E-state index contributed by atoms with van der Waals surface area (Å²) < 4.78 is 7.66. The molecule has 1 fully saturated rings. The highest BCUT2D eigenvalue weighted by Gasteiger charge is 2.27. The summed E-state index contributed by atoms with van der Waals surface area (Å²) in [5, 5.41) is 4.14. The Balaban J connectivity index is 1.60. The summed E-state index contributed by atoms with van der Waals surface area (Å²) in [7, 11) is 0. The number of amides is 1. The third kappa shape index (κ3) is 2.48. The fourth-order valence-electron chi connectivity index (χ4n) is 3.38. The van der Waals surface area contributed by atoms with Crippen molar-refractivity contribution in [1.29, 1.82) is 0 Å². The predicted octanol–water partition coefficient (Wildman–Crippen LogP) is 2.94. The van der Waals surface area contributed by atoms with Gasteiger partial charge in [-0.2, -0.15) is 0 Å². The molecule has 1 aliphatic carbocycles. The minimum absolute atomic E-state index is 0.0543. The van der Waals surface area contributed by atoms with Gasteiger partial charge < -0.3 is 14.6 Å². The van der Waals surface area contributed by atoms with Crippen LogP contribution in [0.4, 0.5) is 0 Å². The lowest BCUT2D eigenvalue weighted by Crippen LogP contribution is -2.32. The zero-order chi connectivity index (χ0) is 14.9. The van der Waals surface area contributed by atoms with Crippen molar-refractivity contribution in [2.75, 3.05) is 13.2 Å². The Bertz CT molecular complexity index is 669. The van der Waals surface area contributed by atoms with Crippen molar-refractivity contribution in [3.8, 4) is 5.00 Å². The van der Waals surface area contributed by atoms with Crippen LogP contribution in [0.15, 0.2) is 24.5 Å². The van der Waals surface area contributed by atoms with Crippen molar-refractivity contribution < 1.29 is 9.53 Å². The van der Waals surface area contributed by atoms with E-state index in [0.29, 0.717) is 6.54 Å². The van der Waals surface area contributed by atoms with Crippen LogP contribution in [0.5, 0.6) is 0 Å². The van der Waals surface area contributed by atoms with Gasteiger partial charge in [0.1, 0.15) is 5.00 Å². The summed E-state index contributed by atoms with van der Waals surface area (Å²) in [6.07, 6.45) is 9.65. The van der Waals surface area contributed by atoms with E-state index in [1.165, 1.54) is 16.9 Å². The van der Waals surface area contributed by atoms with Crippen molar-refractivity contribution in [3.63, 3.8) is 0 Å². The summed E-state index contributed by atoms with van der Waals surface area (Å²) in [6.45, 7) is 1.44. The summed E-state index contributed by atoms with van der Waals surface area (Å²) in [4.78, 5) is 14.1. The molecule has 0 radical (unpaired) electrons. The van der Waals surface area contributed by atoms with Gasteiger partial charge in [-0.25, -0.2) is 0 Å². The lowest BCUT2D eigenvalue weighted by Gasteiger charge is -2.12. The van der Waals surface area contributed by atoms with Crippen LogP contribution in [0.3, 0.4) is 0 Å². The average Bonchev–Trinajstić information content (AvgIpc) is 3.27. The highest BCUT2D eigenvalue weighted by molar-refractivity contribution is 7.15. The van der Waals surface area contributed by atoms with Crippen LogP contribution in [0.2, 0.25) is 0 Å². The maximum Gasteiger partial charge on any atom is 0.254 e. The lowest BCUT2D eigenvalue weighted by molar-refractivity contribution is 0.0857. The zero-order valence-electron chi connectivity index (χ0n) is 12.5. The zero-order valence-corrected chi connectivity index (χ0v) is 13.3. The highest BCUT2D eigenvalue weighted by atomic mass is 32.1. The first-order valence-corrected chi connectivity index (χ1v) is 8.82. The summed E-state index contributed by atoms with van der Waals surface area (Å²) in [5.41, 5.74) is 2.14. The number of hydrogen-bond donors (Lipinski definition) is 1. The molecule has 116 valence electrons. The second kappa shape index (κ2) is 5.89. The summed E-state index contributed by atoms with van der Waals surface area (Å²) in [6, 6.07) is 4.00. The second-order valence-electron chi connectivity index (χ2n) is 5.97. The number of ether oxygens (including phenoxy) is 1. The molecule has 1 N–H and O–H groups in total. The van der Waals surface area contributed by atoms with Crippen molar-refractivity contribution >= 4 is 17.2 Å². The Hall–Kier alpha value is -1.59. The molecule has 1 saturated heterocycles. The molecular formula is C17H20N2O2S. The number of carbonyl (C=O) groups excluding carboxylic acids is 1.